The number of carbonyl (C=O) groups is 2. The lowest BCUT2D eigenvalue weighted by Gasteiger charge is -2.06. The minimum Gasteiger partial charge on any atom is -0.462 e. The van der Waals surface area contributed by atoms with Crippen molar-refractivity contribution >= 4 is 28.3 Å². The molecule has 0 saturated heterocycles. The van der Waals surface area contributed by atoms with Crippen LogP contribution in [0.1, 0.15) is 32.6 Å². The van der Waals surface area contributed by atoms with E-state index in [1.54, 1.807) is 56.4 Å². The van der Waals surface area contributed by atoms with Crippen molar-refractivity contribution in [2.24, 2.45) is 0 Å². The van der Waals surface area contributed by atoms with Crippen molar-refractivity contribution in [2.45, 2.75) is 13.8 Å². The van der Waals surface area contributed by atoms with E-state index >= 15 is 0 Å². The number of anilines is 1. The largest absolute Gasteiger partial charge is 0.462 e. The van der Waals surface area contributed by atoms with Gasteiger partial charge in [0, 0.05) is 17.8 Å². The number of pyridine rings is 1. The summed E-state index contributed by atoms with van der Waals surface area (Å²) < 4.78 is 10.6. The van der Waals surface area contributed by atoms with Crippen molar-refractivity contribution in [2.75, 3.05) is 11.9 Å². The summed E-state index contributed by atoms with van der Waals surface area (Å²) in [6.45, 7) is 3.71. The summed E-state index contributed by atoms with van der Waals surface area (Å²) in [7, 11) is 0. The second kappa shape index (κ2) is 8.41. The van der Waals surface area contributed by atoms with Crippen LogP contribution in [0.25, 0.3) is 0 Å². The van der Waals surface area contributed by atoms with Crippen LogP contribution in [0.2, 0.25) is 0 Å². The molecule has 0 atom stereocenters. The Morgan fingerprint density at radius 2 is 2.04 bits per heavy atom. The van der Waals surface area contributed by atoms with Crippen LogP contribution in [0.4, 0.5) is 5.13 Å². The van der Waals surface area contributed by atoms with Crippen molar-refractivity contribution in [3.63, 3.8) is 0 Å². The molecule has 3 aromatic rings. The number of nitrogens with zero attached hydrogens (tertiary/aromatic N) is 2. The van der Waals surface area contributed by atoms with Crippen LogP contribution < -0.4 is 10.1 Å². The number of rotatable bonds is 6. The molecule has 3 rings (SSSR count). The first-order valence-corrected chi connectivity index (χ1v) is 9.03. The van der Waals surface area contributed by atoms with Gasteiger partial charge in [-0.3, -0.25) is 10.1 Å². The number of thiazole rings is 1. The number of esters is 1. The van der Waals surface area contributed by atoms with E-state index < -0.39 is 5.97 Å². The summed E-state index contributed by atoms with van der Waals surface area (Å²) >= 11 is 1.08. The molecule has 0 aliphatic rings. The van der Waals surface area contributed by atoms with Crippen LogP contribution in [-0.4, -0.2) is 28.5 Å². The maximum Gasteiger partial charge on any atom is 0.350 e. The molecule has 1 amide bonds. The monoisotopic (exact) mass is 383 g/mol. The van der Waals surface area contributed by atoms with Crippen molar-refractivity contribution in [1.29, 1.82) is 0 Å². The molecule has 0 unspecified atom stereocenters. The third-order valence-electron chi connectivity index (χ3n) is 3.43. The SMILES string of the molecule is CCOC(=O)c1sc(NC(=O)c2cccc(Oc3ccccn3)c2)nc1C. The molecular weight excluding hydrogens is 366 g/mol. The quantitative estimate of drug-likeness (QED) is 0.645. The van der Waals surface area contributed by atoms with Crippen LogP contribution in [0, 0.1) is 6.92 Å². The van der Waals surface area contributed by atoms with Crippen molar-refractivity contribution < 1.29 is 19.1 Å². The van der Waals surface area contributed by atoms with Gasteiger partial charge in [0.1, 0.15) is 10.6 Å². The third-order valence-corrected chi connectivity index (χ3v) is 4.49. The van der Waals surface area contributed by atoms with Crippen LogP contribution in [0.5, 0.6) is 11.6 Å². The number of hydrogen-bond acceptors (Lipinski definition) is 7. The van der Waals surface area contributed by atoms with E-state index in [-0.39, 0.29) is 12.5 Å². The van der Waals surface area contributed by atoms with E-state index in [1.807, 2.05) is 6.07 Å². The average molecular weight is 383 g/mol. The van der Waals surface area contributed by atoms with Crippen molar-refractivity contribution in [1.82, 2.24) is 9.97 Å². The van der Waals surface area contributed by atoms with Crippen LogP contribution in [0.15, 0.2) is 48.7 Å². The zero-order chi connectivity index (χ0) is 19.2. The summed E-state index contributed by atoms with van der Waals surface area (Å²) in [6.07, 6.45) is 1.62. The third kappa shape index (κ3) is 4.68. The molecule has 7 nitrogen and oxygen atoms in total. The highest BCUT2D eigenvalue weighted by Crippen LogP contribution is 2.25. The van der Waals surface area contributed by atoms with E-state index in [4.69, 9.17) is 9.47 Å². The number of aromatic nitrogens is 2. The lowest BCUT2D eigenvalue weighted by Crippen LogP contribution is -2.11. The number of carbonyl (C=O) groups excluding carboxylic acids is 2. The number of benzene rings is 1. The summed E-state index contributed by atoms with van der Waals surface area (Å²) in [5.41, 5.74) is 0.912. The van der Waals surface area contributed by atoms with Gasteiger partial charge in [-0.2, -0.15) is 0 Å². The highest BCUT2D eigenvalue weighted by molar-refractivity contribution is 7.17. The molecule has 0 fully saturated rings. The van der Waals surface area contributed by atoms with Gasteiger partial charge in [0.25, 0.3) is 5.91 Å². The van der Waals surface area contributed by atoms with Gasteiger partial charge in [-0.25, -0.2) is 14.8 Å². The van der Waals surface area contributed by atoms with E-state index in [9.17, 15) is 9.59 Å². The van der Waals surface area contributed by atoms with Gasteiger partial charge in [0.2, 0.25) is 5.88 Å². The van der Waals surface area contributed by atoms with Crippen LogP contribution in [-0.2, 0) is 4.74 Å². The first-order valence-electron chi connectivity index (χ1n) is 8.21. The number of ether oxygens (including phenoxy) is 2. The van der Waals surface area contributed by atoms with Gasteiger partial charge in [-0.1, -0.05) is 23.5 Å². The molecule has 0 spiro atoms. The Bertz CT molecular complexity index is 957. The lowest BCUT2D eigenvalue weighted by atomic mass is 10.2. The molecular formula is C19H17N3O4S. The van der Waals surface area contributed by atoms with Crippen molar-refractivity contribution in [3.8, 4) is 11.6 Å². The summed E-state index contributed by atoms with van der Waals surface area (Å²) in [5.74, 6) is 0.123. The molecule has 27 heavy (non-hydrogen) atoms. The van der Waals surface area contributed by atoms with E-state index in [1.165, 1.54) is 0 Å². The first-order chi connectivity index (χ1) is 13.1. The fourth-order valence-corrected chi connectivity index (χ4v) is 3.09. The predicted octanol–water partition coefficient (Wildman–Crippen LogP) is 4.07. The zero-order valence-corrected chi connectivity index (χ0v) is 15.6. The molecule has 0 aliphatic carbocycles. The molecule has 0 aliphatic heterocycles. The minimum atomic E-state index is -0.446. The topological polar surface area (TPSA) is 90.4 Å². The van der Waals surface area contributed by atoms with Crippen molar-refractivity contribution in [3.05, 3.63) is 64.8 Å². The molecule has 2 aromatic heterocycles. The maximum atomic E-state index is 12.5. The summed E-state index contributed by atoms with van der Waals surface area (Å²) in [6, 6.07) is 12.0. The van der Waals surface area contributed by atoms with E-state index in [0.29, 0.717) is 32.9 Å². The second-order valence-electron chi connectivity index (χ2n) is 5.41. The van der Waals surface area contributed by atoms with Gasteiger partial charge >= 0.3 is 5.97 Å². The normalized spacial score (nSPS) is 10.3. The predicted molar refractivity (Wildman–Crippen MR) is 102 cm³/mol. The molecule has 0 bridgehead atoms. The smallest absolute Gasteiger partial charge is 0.350 e. The lowest BCUT2D eigenvalue weighted by molar-refractivity contribution is 0.0531. The van der Waals surface area contributed by atoms with Gasteiger partial charge in [0.15, 0.2) is 5.13 Å². The number of aryl methyl sites for hydroxylation is 1. The minimum absolute atomic E-state index is 0.279. The molecule has 8 heteroatoms. The summed E-state index contributed by atoms with van der Waals surface area (Å²) in [4.78, 5) is 33.0. The number of hydrogen-bond donors (Lipinski definition) is 1. The second-order valence-corrected chi connectivity index (χ2v) is 6.41. The average Bonchev–Trinajstić information content (AvgIpc) is 3.03. The number of nitrogens with one attached hydrogen (secondary N) is 1. The Morgan fingerprint density at radius 3 is 2.78 bits per heavy atom. The molecule has 0 saturated carbocycles. The van der Waals surface area contributed by atoms with Gasteiger partial charge in [-0.15, -0.1) is 0 Å². The Labute approximate surface area is 160 Å². The summed E-state index contributed by atoms with van der Waals surface area (Å²) in [5, 5.41) is 3.03. The molecule has 138 valence electrons. The van der Waals surface area contributed by atoms with Gasteiger partial charge < -0.3 is 9.47 Å². The Kier molecular flexibility index (Phi) is 5.77. The first kappa shape index (κ1) is 18.5. The molecule has 1 N–H and O–H groups in total. The Morgan fingerprint density at radius 1 is 1.19 bits per heavy atom. The van der Waals surface area contributed by atoms with Crippen LogP contribution >= 0.6 is 11.3 Å². The van der Waals surface area contributed by atoms with Crippen LogP contribution in [0.3, 0.4) is 0 Å². The Balaban J connectivity index is 1.72. The van der Waals surface area contributed by atoms with Gasteiger partial charge in [-0.05, 0) is 38.1 Å². The molecule has 0 radical (unpaired) electrons. The van der Waals surface area contributed by atoms with E-state index in [0.717, 1.165) is 11.3 Å². The molecule has 2 heterocycles. The highest BCUT2D eigenvalue weighted by atomic mass is 32.1. The fourth-order valence-electron chi connectivity index (χ4n) is 2.23. The van der Waals surface area contributed by atoms with Gasteiger partial charge in [0.05, 0.1) is 12.3 Å². The standard InChI is InChI=1S/C19H17N3O4S/c1-3-25-18(24)16-12(2)21-19(27-16)22-17(23)13-7-6-8-14(11-13)26-15-9-4-5-10-20-15/h4-11H,3H2,1-2H3,(H,21,22,23). The highest BCUT2D eigenvalue weighted by Gasteiger charge is 2.18. The fraction of sp³-hybridized carbons (Fsp3) is 0.158. The maximum absolute atomic E-state index is 12.5. The Hall–Kier alpha value is -3.26. The molecule has 1 aromatic carbocycles. The van der Waals surface area contributed by atoms with E-state index in [2.05, 4.69) is 15.3 Å². The zero-order valence-electron chi connectivity index (χ0n) is 14.8. The number of amides is 1.